The number of anilines is 1. The van der Waals surface area contributed by atoms with Crippen LogP contribution in [0.3, 0.4) is 0 Å². The zero-order valence-corrected chi connectivity index (χ0v) is 13.2. The monoisotopic (exact) mass is 342 g/mol. The van der Waals surface area contributed by atoms with Gasteiger partial charge < -0.3 is 9.88 Å². The van der Waals surface area contributed by atoms with E-state index < -0.39 is 0 Å². The minimum Gasteiger partial charge on any atom is -0.356 e. The maximum absolute atomic E-state index is 12.7. The van der Waals surface area contributed by atoms with Crippen molar-refractivity contribution in [1.82, 2.24) is 4.98 Å². The summed E-state index contributed by atoms with van der Waals surface area (Å²) in [4.78, 5) is 17.5. The first-order chi connectivity index (χ1) is 10.2. The molecule has 0 saturated heterocycles. The number of nitrogens with zero attached hydrogens (tertiary/aromatic N) is 1. The molecule has 0 spiro atoms. The molecule has 1 heterocycles. The van der Waals surface area contributed by atoms with Crippen LogP contribution in [0.15, 0.2) is 59.2 Å². The van der Waals surface area contributed by atoms with E-state index in [1.54, 1.807) is 17.2 Å². The zero-order chi connectivity index (χ0) is 14.8. The molecule has 1 amide bonds. The van der Waals surface area contributed by atoms with Gasteiger partial charge in [0.15, 0.2) is 0 Å². The smallest absolute Gasteiger partial charge is 0.274 e. The molecular weight excluding hydrogens is 328 g/mol. The van der Waals surface area contributed by atoms with Gasteiger partial charge in [-0.3, -0.25) is 4.79 Å². The second-order valence-corrected chi connectivity index (χ2v) is 5.69. The molecule has 0 unspecified atom stereocenters. The molecule has 3 rings (SSSR count). The van der Waals surface area contributed by atoms with E-state index in [0.29, 0.717) is 12.2 Å². The van der Waals surface area contributed by atoms with Crippen molar-refractivity contribution in [1.29, 1.82) is 0 Å². The molecule has 0 saturated carbocycles. The number of nitrogens with one attached hydrogen (secondary N) is 1. The van der Waals surface area contributed by atoms with Gasteiger partial charge in [-0.25, -0.2) is 0 Å². The Hall–Kier alpha value is -2.07. The summed E-state index contributed by atoms with van der Waals surface area (Å²) in [6, 6.07) is 15.9. The maximum Gasteiger partial charge on any atom is 0.274 e. The Kier molecular flexibility index (Phi) is 3.80. The lowest BCUT2D eigenvalue weighted by atomic mass is 10.1. The second-order valence-electron chi connectivity index (χ2n) is 4.78. The van der Waals surface area contributed by atoms with Gasteiger partial charge in [0.05, 0.1) is 5.69 Å². The van der Waals surface area contributed by atoms with Gasteiger partial charge in [-0.05, 0) is 40.4 Å². The van der Waals surface area contributed by atoms with Crippen LogP contribution in [-0.4, -0.2) is 17.4 Å². The third-order valence-electron chi connectivity index (χ3n) is 3.50. The summed E-state index contributed by atoms with van der Waals surface area (Å²) >= 11 is 3.37. The highest BCUT2D eigenvalue weighted by atomic mass is 79.9. The van der Waals surface area contributed by atoms with Crippen molar-refractivity contribution in [3.63, 3.8) is 0 Å². The molecule has 0 atom stereocenters. The van der Waals surface area contributed by atoms with Crippen LogP contribution in [0.1, 0.15) is 17.4 Å². The molecule has 3 aromatic rings. The molecule has 106 valence electrons. The van der Waals surface area contributed by atoms with Crippen molar-refractivity contribution in [3.8, 4) is 0 Å². The molecule has 0 aliphatic heterocycles. The van der Waals surface area contributed by atoms with Crippen molar-refractivity contribution < 1.29 is 4.79 Å². The molecule has 0 aliphatic rings. The van der Waals surface area contributed by atoms with Gasteiger partial charge in [0.25, 0.3) is 5.91 Å². The summed E-state index contributed by atoms with van der Waals surface area (Å²) in [7, 11) is 0. The number of aromatic amines is 1. The molecule has 4 heteroatoms. The molecule has 1 N–H and O–H groups in total. The lowest BCUT2D eigenvalue weighted by Crippen LogP contribution is -2.31. The van der Waals surface area contributed by atoms with Crippen molar-refractivity contribution >= 4 is 38.3 Å². The lowest BCUT2D eigenvalue weighted by Gasteiger charge is -2.22. The molecule has 0 bridgehead atoms. The Labute approximate surface area is 131 Å². The summed E-state index contributed by atoms with van der Waals surface area (Å²) < 4.78 is 0.875. The number of rotatable bonds is 3. The van der Waals surface area contributed by atoms with Crippen molar-refractivity contribution in [2.75, 3.05) is 11.4 Å². The molecular formula is C17H15BrN2O. The number of hydrogen-bond donors (Lipinski definition) is 1. The molecule has 2 aromatic carbocycles. The largest absolute Gasteiger partial charge is 0.356 e. The van der Waals surface area contributed by atoms with Gasteiger partial charge >= 0.3 is 0 Å². The topological polar surface area (TPSA) is 36.1 Å². The van der Waals surface area contributed by atoms with E-state index >= 15 is 0 Å². The van der Waals surface area contributed by atoms with E-state index in [2.05, 4.69) is 33.0 Å². The van der Waals surface area contributed by atoms with Gasteiger partial charge in [0.1, 0.15) is 5.69 Å². The Morgan fingerprint density at radius 3 is 2.67 bits per heavy atom. The normalized spacial score (nSPS) is 10.8. The first-order valence-corrected chi connectivity index (χ1v) is 7.63. The highest BCUT2D eigenvalue weighted by Crippen LogP contribution is 2.28. The molecule has 0 fully saturated rings. The minimum absolute atomic E-state index is 0.0282. The fourth-order valence-corrected chi connectivity index (χ4v) is 2.85. The molecule has 1 aromatic heterocycles. The minimum atomic E-state index is -0.0282. The first kappa shape index (κ1) is 13.9. The third-order valence-corrected chi connectivity index (χ3v) is 3.95. The van der Waals surface area contributed by atoms with Crippen LogP contribution >= 0.6 is 15.9 Å². The van der Waals surface area contributed by atoms with E-state index in [1.807, 2.05) is 37.3 Å². The van der Waals surface area contributed by atoms with E-state index in [9.17, 15) is 4.79 Å². The number of hydrogen-bond acceptors (Lipinski definition) is 1. The van der Waals surface area contributed by atoms with Gasteiger partial charge in [-0.2, -0.15) is 0 Å². The Morgan fingerprint density at radius 1 is 1.19 bits per heavy atom. The number of carbonyl (C=O) groups excluding carboxylic acids is 1. The number of fused-ring (bicyclic) bond motifs is 1. The average Bonchev–Trinajstić information content (AvgIpc) is 2.95. The van der Waals surface area contributed by atoms with Crippen LogP contribution in [0.4, 0.5) is 5.69 Å². The maximum atomic E-state index is 12.7. The Balaban J connectivity index is 2.08. The first-order valence-electron chi connectivity index (χ1n) is 6.84. The van der Waals surface area contributed by atoms with E-state index in [1.165, 1.54) is 0 Å². The predicted octanol–water partition coefficient (Wildman–Crippen LogP) is 4.60. The molecule has 3 nitrogen and oxygen atoms in total. The van der Waals surface area contributed by atoms with Crippen molar-refractivity contribution in [2.45, 2.75) is 6.92 Å². The molecule has 0 radical (unpaired) electrons. The highest BCUT2D eigenvalue weighted by molar-refractivity contribution is 9.10. The zero-order valence-electron chi connectivity index (χ0n) is 11.6. The Morgan fingerprint density at radius 2 is 1.95 bits per heavy atom. The summed E-state index contributed by atoms with van der Waals surface area (Å²) in [6.45, 7) is 2.60. The van der Waals surface area contributed by atoms with Gasteiger partial charge in [-0.1, -0.05) is 36.4 Å². The van der Waals surface area contributed by atoms with Gasteiger partial charge in [0.2, 0.25) is 0 Å². The second kappa shape index (κ2) is 5.74. The molecule has 21 heavy (non-hydrogen) atoms. The van der Waals surface area contributed by atoms with Crippen molar-refractivity contribution in [3.05, 3.63) is 64.9 Å². The van der Waals surface area contributed by atoms with E-state index in [4.69, 9.17) is 0 Å². The number of H-pyrrole nitrogens is 1. The number of aromatic nitrogens is 1. The van der Waals surface area contributed by atoms with Crippen LogP contribution in [0.25, 0.3) is 10.8 Å². The number of halogens is 1. The summed E-state index contributed by atoms with van der Waals surface area (Å²) in [5, 5.41) is 2.22. The number of benzene rings is 2. The van der Waals surface area contributed by atoms with Gasteiger partial charge in [0, 0.05) is 22.6 Å². The third kappa shape index (κ3) is 2.59. The summed E-state index contributed by atoms with van der Waals surface area (Å²) in [6.07, 6.45) is 1.77. The van der Waals surface area contributed by atoms with Crippen LogP contribution < -0.4 is 4.90 Å². The SMILES string of the molecule is CCN(C(=O)c1cc(Br)c[nH]1)c1cccc2ccccc12. The average molecular weight is 343 g/mol. The highest BCUT2D eigenvalue weighted by Gasteiger charge is 2.19. The fourth-order valence-electron chi connectivity index (χ4n) is 2.50. The predicted molar refractivity (Wildman–Crippen MR) is 89.8 cm³/mol. The lowest BCUT2D eigenvalue weighted by molar-refractivity contribution is 0.0984. The van der Waals surface area contributed by atoms with E-state index in [-0.39, 0.29) is 5.91 Å². The van der Waals surface area contributed by atoms with E-state index in [0.717, 1.165) is 20.9 Å². The van der Waals surface area contributed by atoms with Gasteiger partial charge in [-0.15, -0.1) is 0 Å². The summed E-state index contributed by atoms with van der Waals surface area (Å²) in [5.74, 6) is -0.0282. The molecule has 0 aliphatic carbocycles. The fraction of sp³-hybridized carbons (Fsp3) is 0.118. The van der Waals surface area contributed by atoms with Crippen LogP contribution in [0.5, 0.6) is 0 Å². The van der Waals surface area contributed by atoms with Crippen LogP contribution in [-0.2, 0) is 0 Å². The Bertz CT molecular complexity index is 789. The van der Waals surface area contributed by atoms with Crippen LogP contribution in [0, 0.1) is 0 Å². The quantitative estimate of drug-likeness (QED) is 0.741. The van der Waals surface area contributed by atoms with Crippen LogP contribution in [0.2, 0.25) is 0 Å². The summed E-state index contributed by atoms with van der Waals surface area (Å²) in [5.41, 5.74) is 1.52. The number of carbonyl (C=O) groups is 1. The standard InChI is InChI=1S/C17H15BrN2O/c1-2-20(17(21)15-10-13(18)11-19-15)16-9-5-7-12-6-3-4-8-14(12)16/h3-11,19H,2H2,1H3. The number of amides is 1. The van der Waals surface area contributed by atoms with Crippen molar-refractivity contribution in [2.24, 2.45) is 0 Å².